The van der Waals surface area contributed by atoms with Gasteiger partial charge in [0, 0.05) is 12.0 Å². The van der Waals surface area contributed by atoms with Gasteiger partial charge in [0.1, 0.15) is 6.10 Å². The number of aliphatic hydroxyl groups excluding tert-OH is 3. The van der Waals surface area contributed by atoms with Gasteiger partial charge in [-0.2, -0.15) is 0 Å². The van der Waals surface area contributed by atoms with Gasteiger partial charge in [-0.1, -0.05) is 56.2 Å². The lowest BCUT2D eigenvalue weighted by molar-refractivity contribution is -0.140. The van der Waals surface area contributed by atoms with Gasteiger partial charge in [-0.3, -0.25) is 4.79 Å². The maximum Gasteiger partial charge on any atom is 0.305 e. The fourth-order valence-electron chi connectivity index (χ4n) is 4.62. The molecule has 2 rings (SSSR count). The molecule has 0 heterocycles. The fraction of sp³-hybridized carbons (Fsp3) is 0.640. The first-order valence-electron chi connectivity index (χ1n) is 11.1. The zero-order valence-electron chi connectivity index (χ0n) is 18.2. The summed E-state index contributed by atoms with van der Waals surface area (Å²) in [7, 11) is 1.40. The fourth-order valence-corrected chi connectivity index (χ4v) is 4.62. The Bertz CT molecular complexity index is 692. The molecule has 3 N–H and O–H groups in total. The van der Waals surface area contributed by atoms with Crippen molar-refractivity contribution in [3.63, 3.8) is 0 Å². The molecule has 0 aromatic heterocycles. The summed E-state index contributed by atoms with van der Waals surface area (Å²) in [5.41, 5.74) is 0.867. The zero-order valence-corrected chi connectivity index (χ0v) is 18.2. The molecule has 5 heteroatoms. The Labute approximate surface area is 180 Å². The second kappa shape index (κ2) is 12.7. The molecule has 1 aromatic carbocycles. The number of unbranched alkanes of at least 4 members (excludes halogenated alkanes) is 2. The number of ether oxygens (including phenoxy) is 1. The summed E-state index contributed by atoms with van der Waals surface area (Å²) in [5.74, 6) is 5.95. The Morgan fingerprint density at radius 2 is 1.87 bits per heavy atom. The van der Waals surface area contributed by atoms with E-state index in [0.29, 0.717) is 25.7 Å². The van der Waals surface area contributed by atoms with Gasteiger partial charge in [-0.15, -0.1) is 0 Å². The van der Waals surface area contributed by atoms with Crippen LogP contribution in [0.2, 0.25) is 0 Å². The summed E-state index contributed by atoms with van der Waals surface area (Å²) < 4.78 is 4.66. The Hall–Kier alpha value is -1.87. The van der Waals surface area contributed by atoms with Crippen molar-refractivity contribution in [1.82, 2.24) is 0 Å². The van der Waals surface area contributed by atoms with Crippen LogP contribution in [0.4, 0.5) is 0 Å². The van der Waals surface area contributed by atoms with Crippen LogP contribution in [0.25, 0.3) is 0 Å². The molecule has 0 amide bonds. The molecular weight excluding hydrogens is 380 g/mol. The lowest BCUT2D eigenvalue weighted by Gasteiger charge is -2.29. The average molecular weight is 417 g/mol. The summed E-state index contributed by atoms with van der Waals surface area (Å²) in [5, 5.41) is 31.2. The molecule has 1 aliphatic rings. The maximum atomic E-state index is 11.2. The van der Waals surface area contributed by atoms with E-state index in [0.717, 1.165) is 31.2 Å². The molecule has 166 valence electrons. The quantitative estimate of drug-likeness (QED) is 0.309. The van der Waals surface area contributed by atoms with Crippen LogP contribution >= 0.6 is 0 Å². The highest BCUT2D eigenvalue weighted by Gasteiger charge is 2.43. The number of hydrogen-bond acceptors (Lipinski definition) is 5. The highest BCUT2D eigenvalue weighted by Crippen LogP contribution is 2.42. The van der Waals surface area contributed by atoms with Crippen LogP contribution in [0, 0.1) is 29.6 Å². The third kappa shape index (κ3) is 7.75. The Morgan fingerprint density at radius 3 is 2.57 bits per heavy atom. The number of esters is 1. The van der Waals surface area contributed by atoms with Gasteiger partial charge >= 0.3 is 5.97 Å². The molecule has 5 nitrogen and oxygen atoms in total. The molecule has 1 aromatic rings. The monoisotopic (exact) mass is 416 g/mol. The van der Waals surface area contributed by atoms with Crippen LogP contribution in [0.15, 0.2) is 30.3 Å². The van der Waals surface area contributed by atoms with Crippen LogP contribution in [0.3, 0.4) is 0 Å². The van der Waals surface area contributed by atoms with Crippen LogP contribution in [0.5, 0.6) is 0 Å². The first-order valence-corrected chi connectivity index (χ1v) is 11.1. The third-order valence-electron chi connectivity index (χ3n) is 6.27. The number of aliphatic hydroxyl groups is 3. The lowest BCUT2D eigenvalue weighted by atomic mass is 9.78. The molecular formula is C25H36O5. The average Bonchev–Trinajstić information content (AvgIpc) is 3.03. The SMILES string of the molecule is COC(=O)CCCCCC(C)C1C(O)CC(O)C1CCC(O)C#Cc1ccccc1. The van der Waals surface area contributed by atoms with Crippen LogP contribution in [-0.4, -0.2) is 46.7 Å². The van der Waals surface area contributed by atoms with Crippen LogP contribution < -0.4 is 0 Å². The predicted molar refractivity (Wildman–Crippen MR) is 116 cm³/mol. The number of carbonyl (C=O) groups excluding carboxylic acids is 1. The summed E-state index contributed by atoms with van der Waals surface area (Å²) in [6, 6.07) is 9.55. The van der Waals surface area contributed by atoms with Crippen LogP contribution in [-0.2, 0) is 9.53 Å². The molecule has 1 aliphatic carbocycles. The van der Waals surface area contributed by atoms with E-state index in [1.54, 1.807) is 0 Å². The van der Waals surface area contributed by atoms with Gasteiger partial charge in [0.05, 0.1) is 19.3 Å². The second-order valence-corrected chi connectivity index (χ2v) is 8.49. The van der Waals surface area contributed by atoms with Gasteiger partial charge in [0.2, 0.25) is 0 Å². The van der Waals surface area contributed by atoms with Crippen molar-refractivity contribution in [2.75, 3.05) is 7.11 Å². The molecule has 1 saturated carbocycles. The maximum absolute atomic E-state index is 11.2. The molecule has 0 bridgehead atoms. The van der Waals surface area contributed by atoms with Crippen molar-refractivity contribution >= 4 is 5.97 Å². The summed E-state index contributed by atoms with van der Waals surface area (Å²) in [6.45, 7) is 2.13. The van der Waals surface area contributed by atoms with Gasteiger partial charge in [0.15, 0.2) is 0 Å². The van der Waals surface area contributed by atoms with Crippen molar-refractivity contribution in [3.8, 4) is 11.8 Å². The predicted octanol–water partition coefficient (Wildman–Crippen LogP) is 3.30. The van der Waals surface area contributed by atoms with E-state index >= 15 is 0 Å². The van der Waals surface area contributed by atoms with Crippen molar-refractivity contribution in [3.05, 3.63) is 35.9 Å². The van der Waals surface area contributed by atoms with E-state index in [9.17, 15) is 20.1 Å². The minimum Gasteiger partial charge on any atom is -0.469 e. The molecule has 6 unspecified atom stereocenters. The van der Waals surface area contributed by atoms with E-state index in [4.69, 9.17) is 0 Å². The standard InChI is InChI=1S/C25H36O5/c1-18(9-5-3-8-12-24(29)30-2)25-21(22(27)17-23(25)28)16-15-20(26)14-13-19-10-6-4-7-11-19/h4,6-7,10-11,18,20-23,25-28H,3,5,8-9,12,15-17H2,1-2H3. The zero-order chi connectivity index (χ0) is 21.9. The molecule has 1 fully saturated rings. The highest BCUT2D eigenvalue weighted by molar-refractivity contribution is 5.68. The lowest BCUT2D eigenvalue weighted by Crippen LogP contribution is -2.29. The van der Waals surface area contributed by atoms with E-state index < -0.39 is 18.3 Å². The minimum absolute atomic E-state index is 0.0230. The van der Waals surface area contributed by atoms with Gasteiger partial charge < -0.3 is 20.1 Å². The number of rotatable bonds is 10. The number of carbonyl (C=O) groups is 1. The summed E-state index contributed by atoms with van der Waals surface area (Å²) >= 11 is 0. The highest BCUT2D eigenvalue weighted by atomic mass is 16.5. The molecule has 0 saturated heterocycles. The van der Waals surface area contributed by atoms with E-state index in [1.807, 2.05) is 30.3 Å². The molecule has 0 aliphatic heterocycles. The second-order valence-electron chi connectivity index (χ2n) is 8.49. The number of benzene rings is 1. The minimum atomic E-state index is -0.746. The van der Waals surface area contributed by atoms with Crippen molar-refractivity contribution in [2.45, 2.75) is 76.6 Å². The van der Waals surface area contributed by atoms with Crippen molar-refractivity contribution in [1.29, 1.82) is 0 Å². The smallest absolute Gasteiger partial charge is 0.305 e. The van der Waals surface area contributed by atoms with Gasteiger partial charge in [0.25, 0.3) is 0 Å². The van der Waals surface area contributed by atoms with Crippen LogP contribution in [0.1, 0.15) is 63.9 Å². The molecule has 30 heavy (non-hydrogen) atoms. The molecule has 0 spiro atoms. The Kier molecular flexibility index (Phi) is 10.4. The number of hydrogen-bond donors (Lipinski definition) is 3. The Morgan fingerprint density at radius 1 is 1.13 bits per heavy atom. The number of methoxy groups -OCH3 is 1. The first kappa shape index (κ1) is 24.4. The summed E-state index contributed by atoms with van der Waals surface area (Å²) in [6.07, 6.45) is 3.85. The summed E-state index contributed by atoms with van der Waals surface area (Å²) in [4.78, 5) is 11.2. The van der Waals surface area contributed by atoms with Gasteiger partial charge in [-0.05, 0) is 55.6 Å². The van der Waals surface area contributed by atoms with E-state index in [1.165, 1.54) is 7.11 Å². The molecule has 0 radical (unpaired) electrons. The molecule has 6 atom stereocenters. The van der Waals surface area contributed by atoms with Crippen molar-refractivity contribution in [2.24, 2.45) is 17.8 Å². The van der Waals surface area contributed by atoms with E-state index in [-0.39, 0.29) is 23.7 Å². The first-order chi connectivity index (χ1) is 14.4. The third-order valence-corrected chi connectivity index (χ3v) is 6.27. The van der Waals surface area contributed by atoms with Crippen molar-refractivity contribution < 1.29 is 24.9 Å². The van der Waals surface area contributed by atoms with E-state index in [2.05, 4.69) is 23.5 Å². The topological polar surface area (TPSA) is 87.0 Å². The van der Waals surface area contributed by atoms with Gasteiger partial charge in [-0.25, -0.2) is 0 Å². The largest absolute Gasteiger partial charge is 0.469 e. The normalized spacial score (nSPS) is 25.2. The Balaban J connectivity index is 1.81.